The predicted molar refractivity (Wildman–Crippen MR) is 90.5 cm³/mol. The molecule has 27 heavy (non-hydrogen) atoms. The van der Waals surface area contributed by atoms with Gasteiger partial charge in [0.05, 0.1) is 24.0 Å². The van der Waals surface area contributed by atoms with Crippen molar-refractivity contribution < 1.29 is 22.8 Å². The van der Waals surface area contributed by atoms with Crippen LogP contribution in [0.4, 0.5) is 18.9 Å². The van der Waals surface area contributed by atoms with Gasteiger partial charge in [-0.1, -0.05) is 11.6 Å². The van der Waals surface area contributed by atoms with Crippen LogP contribution in [0, 0.1) is 5.92 Å². The van der Waals surface area contributed by atoms with E-state index in [4.69, 9.17) is 11.6 Å². The molecular formula is C16H15ClF3N5O2. The molecule has 7 nitrogen and oxygen atoms in total. The van der Waals surface area contributed by atoms with Crippen LogP contribution in [0.15, 0.2) is 30.7 Å². The van der Waals surface area contributed by atoms with Crippen molar-refractivity contribution in [2.45, 2.75) is 13.1 Å². The number of likely N-dealkylation sites (tertiary alicyclic amines) is 1. The molecule has 0 saturated carbocycles. The molecule has 0 radical (unpaired) electrons. The lowest BCUT2D eigenvalue weighted by atomic mass is 9.98. The van der Waals surface area contributed by atoms with Crippen molar-refractivity contribution in [2.75, 3.05) is 24.5 Å². The van der Waals surface area contributed by atoms with Gasteiger partial charge in [-0.3, -0.25) is 14.6 Å². The molecule has 144 valence electrons. The fraction of sp³-hybridized carbons (Fsp3) is 0.375. The topological polar surface area (TPSA) is 71.3 Å². The molecule has 0 aromatic carbocycles. The number of aromatic nitrogens is 3. The zero-order valence-corrected chi connectivity index (χ0v) is 14.9. The molecule has 3 rings (SSSR count). The number of alkyl halides is 3. The summed E-state index contributed by atoms with van der Waals surface area (Å²) in [6.07, 6.45) is -0.218. The van der Waals surface area contributed by atoms with Crippen molar-refractivity contribution in [1.29, 1.82) is 0 Å². The minimum atomic E-state index is -4.94. The van der Waals surface area contributed by atoms with Gasteiger partial charge in [-0.15, -0.1) is 0 Å². The maximum Gasteiger partial charge on any atom is 0.471 e. The van der Waals surface area contributed by atoms with E-state index in [0.717, 1.165) is 0 Å². The monoisotopic (exact) mass is 401 g/mol. The van der Waals surface area contributed by atoms with Gasteiger partial charge in [-0.05, 0) is 19.1 Å². The second-order valence-corrected chi connectivity index (χ2v) is 6.31. The quantitative estimate of drug-likeness (QED) is 0.788. The number of halogens is 4. The van der Waals surface area contributed by atoms with Crippen molar-refractivity contribution in [1.82, 2.24) is 19.7 Å². The molecule has 0 atom stereocenters. The molecule has 1 fully saturated rings. The van der Waals surface area contributed by atoms with Crippen LogP contribution in [-0.2, 0) is 9.59 Å². The van der Waals surface area contributed by atoms with E-state index in [0.29, 0.717) is 16.3 Å². The van der Waals surface area contributed by atoms with E-state index in [9.17, 15) is 22.8 Å². The fourth-order valence-electron chi connectivity index (χ4n) is 2.79. The number of hydrogen-bond acceptors (Lipinski definition) is 4. The number of pyridine rings is 1. The van der Waals surface area contributed by atoms with Gasteiger partial charge >= 0.3 is 12.1 Å². The SMILES string of the molecule is CCN(C(=O)C1CN(C(=O)C(F)(F)F)C1)c1cn(-c2cccnc2)nc1Cl. The van der Waals surface area contributed by atoms with E-state index >= 15 is 0 Å². The predicted octanol–water partition coefficient (Wildman–Crippen LogP) is 2.29. The first-order valence-corrected chi connectivity index (χ1v) is 8.43. The van der Waals surface area contributed by atoms with Crippen molar-refractivity contribution in [3.8, 4) is 5.69 Å². The molecule has 1 aliphatic heterocycles. The second-order valence-electron chi connectivity index (χ2n) is 5.95. The van der Waals surface area contributed by atoms with Gasteiger partial charge in [0.25, 0.3) is 0 Å². The normalized spacial score (nSPS) is 14.8. The van der Waals surface area contributed by atoms with Crippen LogP contribution in [0.5, 0.6) is 0 Å². The van der Waals surface area contributed by atoms with Gasteiger partial charge in [0, 0.05) is 25.8 Å². The lowest BCUT2D eigenvalue weighted by Gasteiger charge is -2.40. The smallest absolute Gasteiger partial charge is 0.333 e. The van der Waals surface area contributed by atoms with Crippen molar-refractivity contribution in [2.24, 2.45) is 5.92 Å². The molecule has 2 aromatic heterocycles. The average molecular weight is 402 g/mol. The van der Waals surface area contributed by atoms with E-state index < -0.39 is 23.9 Å². The van der Waals surface area contributed by atoms with Crippen LogP contribution < -0.4 is 4.90 Å². The summed E-state index contributed by atoms with van der Waals surface area (Å²) in [5.74, 6) is -3.05. The molecular weight excluding hydrogens is 387 g/mol. The molecule has 0 aliphatic carbocycles. The molecule has 2 amide bonds. The Morgan fingerprint density at radius 3 is 2.63 bits per heavy atom. The molecule has 11 heteroatoms. The lowest BCUT2D eigenvalue weighted by Crippen LogP contribution is -2.59. The first kappa shape index (κ1) is 19.2. The zero-order chi connectivity index (χ0) is 19.8. The Morgan fingerprint density at radius 1 is 1.37 bits per heavy atom. The van der Waals surface area contributed by atoms with E-state index in [2.05, 4.69) is 10.1 Å². The van der Waals surface area contributed by atoms with Gasteiger partial charge in [-0.25, -0.2) is 4.68 Å². The van der Waals surface area contributed by atoms with Gasteiger partial charge in [0.1, 0.15) is 5.69 Å². The highest BCUT2D eigenvalue weighted by atomic mass is 35.5. The van der Waals surface area contributed by atoms with Gasteiger partial charge in [0.15, 0.2) is 5.15 Å². The molecule has 2 aromatic rings. The van der Waals surface area contributed by atoms with Gasteiger partial charge in [-0.2, -0.15) is 18.3 Å². The molecule has 1 aliphatic rings. The minimum absolute atomic E-state index is 0.0802. The van der Waals surface area contributed by atoms with Crippen LogP contribution >= 0.6 is 11.6 Å². The molecule has 0 spiro atoms. The summed E-state index contributed by atoms with van der Waals surface area (Å²) in [5.41, 5.74) is 0.980. The lowest BCUT2D eigenvalue weighted by molar-refractivity contribution is -0.191. The number of carbonyl (C=O) groups is 2. The maximum atomic E-state index is 12.7. The molecule has 0 N–H and O–H groups in total. The van der Waals surface area contributed by atoms with Crippen LogP contribution in [0.25, 0.3) is 5.69 Å². The number of carbonyl (C=O) groups excluding carboxylic acids is 2. The Balaban J connectivity index is 1.74. The Kier molecular flexibility index (Phi) is 5.09. The molecule has 0 bridgehead atoms. The third-order valence-electron chi connectivity index (χ3n) is 4.20. The van der Waals surface area contributed by atoms with E-state index in [1.54, 1.807) is 37.6 Å². The fourth-order valence-corrected chi connectivity index (χ4v) is 3.02. The van der Waals surface area contributed by atoms with Crippen molar-refractivity contribution in [3.63, 3.8) is 0 Å². The Hall–Kier alpha value is -2.62. The summed E-state index contributed by atoms with van der Waals surface area (Å²) in [7, 11) is 0. The van der Waals surface area contributed by atoms with Crippen LogP contribution in [-0.4, -0.2) is 57.3 Å². The number of anilines is 1. The van der Waals surface area contributed by atoms with Crippen LogP contribution in [0.3, 0.4) is 0 Å². The van der Waals surface area contributed by atoms with Crippen LogP contribution in [0.1, 0.15) is 6.92 Å². The van der Waals surface area contributed by atoms with Crippen molar-refractivity contribution in [3.05, 3.63) is 35.9 Å². The summed E-state index contributed by atoms with van der Waals surface area (Å²) in [4.78, 5) is 29.8. The summed E-state index contributed by atoms with van der Waals surface area (Å²) >= 11 is 6.16. The van der Waals surface area contributed by atoms with E-state index in [1.165, 1.54) is 9.58 Å². The first-order chi connectivity index (χ1) is 12.7. The number of hydrogen-bond donors (Lipinski definition) is 0. The molecule has 1 saturated heterocycles. The van der Waals surface area contributed by atoms with Crippen LogP contribution in [0.2, 0.25) is 5.15 Å². The molecule has 3 heterocycles. The van der Waals surface area contributed by atoms with E-state index in [-0.39, 0.29) is 24.8 Å². The third-order valence-corrected chi connectivity index (χ3v) is 4.46. The zero-order valence-electron chi connectivity index (χ0n) is 14.1. The Bertz CT molecular complexity index is 849. The Labute approximate surface area is 157 Å². The maximum absolute atomic E-state index is 12.7. The van der Waals surface area contributed by atoms with E-state index in [1.807, 2.05) is 0 Å². The average Bonchev–Trinajstić information content (AvgIpc) is 2.96. The first-order valence-electron chi connectivity index (χ1n) is 8.05. The highest BCUT2D eigenvalue weighted by Gasteiger charge is 2.48. The summed E-state index contributed by atoms with van der Waals surface area (Å²) < 4.78 is 38.8. The second kappa shape index (κ2) is 7.18. The largest absolute Gasteiger partial charge is 0.471 e. The number of rotatable bonds is 4. The van der Waals surface area contributed by atoms with Crippen molar-refractivity contribution >= 4 is 29.1 Å². The summed E-state index contributed by atoms with van der Waals surface area (Å²) in [6, 6.07) is 3.47. The van der Waals surface area contributed by atoms with Gasteiger partial charge in [0.2, 0.25) is 5.91 Å². The highest BCUT2D eigenvalue weighted by Crippen LogP contribution is 2.30. The Morgan fingerprint density at radius 2 is 2.07 bits per heavy atom. The minimum Gasteiger partial charge on any atom is -0.333 e. The summed E-state index contributed by atoms with van der Waals surface area (Å²) in [5, 5.41) is 4.23. The summed E-state index contributed by atoms with van der Waals surface area (Å²) in [6.45, 7) is 1.41. The highest BCUT2D eigenvalue weighted by molar-refractivity contribution is 6.32. The molecule has 0 unspecified atom stereocenters. The number of amides is 2. The third kappa shape index (κ3) is 3.75. The van der Waals surface area contributed by atoms with Gasteiger partial charge < -0.3 is 9.80 Å². The standard InChI is InChI=1S/C16H15ClF3N5O2/c1-2-24(14(26)10-7-23(8-10)15(27)16(18,19)20)12-9-25(22-13(12)17)11-4-3-5-21-6-11/h3-6,9-10H,2,7-8H2,1H3. The number of nitrogens with zero attached hydrogens (tertiary/aromatic N) is 5.